The zero-order valence-corrected chi connectivity index (χ0v) is 19.8. The smallest absolute Gasteiger partial charge is 0.230 e. The maximum Gasteiger partial charge on any atom is 0.230 e. The molecule has 0 bridgehead atoms. The Balaban J connectivity index is 1.28. The Morgan fingerprint density at radius 3 is 2.38 bits per heavy atom. The highest BCUT2D eigenvalue weighted by molar-refractivity contribution is 5.93. The van der Waals surface area contributed by atoms with Gasteiger partial charge in [-0.2, -0.15) is 0 Å². The molecule has 0 radical (unpaired) electrons. The standard InChI is InChI=1S/C27H37N3O2/c1-19(21-10-11-24(28-15-21)29-25(31)26(2,3)4)16-30-17-22-13-27(32,14-23(22)18-30)12-20-8-6-5-7-9-20/h5-11,15,19,22-23,32H,12-14,16-18H2,1-4H3,(H,28,29,31)/t19?,22-,23+,27-. The predicted octanol–water partition coefficient (Wildman–Crippen LogP) is 4.49. The second kappa shape index (κ2) is 8.95. The van der Waals surface area contributed by atoms with E-state index in [1.54, 1.807) is 0 Å². The number of hydrogen-bond donors (Lipinski definition) is 2. The molecule has 0 spiro atoms. The molecule has 1 saturated heterocycles. The molecule has 172 valence electrons. The number of anilines is 1. The molecule has 2 aromatic rings. The van der Waals surface area contributed by atoms with Gasteiger partial charge in [0.05, 0.1) is 5.60 Å². The summed E-state index contributed by atoms with van der Waals surface area (Å²) in [6.07, 6.45) is 4.46. The van der Waals surface area contributed by atoms with Gasteiger partial charge in [0.25, 0.3) is 0 Å². The molecule has 1 aliphatic carbocycles. The largest absolute Gasteiger partial charge is 0.390 e. The molecule has 4 atom stereocenters. The average Bonchev–Trinajstić information content (AvgIpc) is 3.22. The van der Waals surface area contributed by atoms with Crippen LogP contribution < -0.4 is 5.32 Å². The van der Waals surface area contributed by atoms with E-state index >= 15 is 0 Å². The molecule has 1 saturated carbocycles. The number of carbonyl (C=O) groups is 1. The Kier molecular flexibility index (Phi) is 6.42. The number of nitrogens with zero attached hydrogens (tertiary/aromatic N) is 2. The fourth-order valence-corrected chi connectivity index (χ4v) is 5.39. The molecule has 32 heavy (non-hydrogen) atoms. The number of pyridine rings is 1. The van der Waals surface area contributed by atoms with E-state index in [4.69, 9.17) is 0 Å². The summed E-state index contributed by atoms with van der Waals surface area (Å²) in [6.45, 7) is 11.1. The van der Waals surface area contributed by atoms with E-state index in [0.29, 0.717) is 23.6 Å². The lowest BCUT2D eigenvalue weighted by Gasteiger charge is -2.27. The van der Waals surface area contributed by atoms with Crippen molar-refractivity contribution in [1.82, 2.24) is 9.88 Å². The Hall–Kier alpha value is -2.24. The van der Waals surface area contributed by atoms with Crippen LogP contribution in [0, 0.1) is 17.3 Å². The fraction of sp³-hybridized carbons (Fsp3) is 0.556. The molecule has 1 aromatic carbocycles. The highest BCUT2D eigenvalue weighted by Gasteiger charge is 2.48. The highest BCUT2D eigenvalue weighted by Crippen LogP contribution is 2.45. The van der Waals surface area contributed by atoms with Crippen LogP contribution >= 0.6 is 0 Å². The molecular formula is C27H37N3O2. The number of hydrogen-bond acceptors (Lipinski definition) is 4. The van der Waals surface area contributed by atoms with Gasteiger partial charge in [-0.1, -0.05) is 64.1 Å². The van der Waals surface area contributed by atoms with Crippen LogP contribution in [0.5, 0.6) is 0 Å². The number of aromatic nitrogens is 1. The van der Waals surface area contributed by atoms with Crippen molar-refractivity contribution >= 4 is 11.7 Å². The van der Waals surface area contributed by atoms with Gasteiger partial charge >= 0.3 is 0 Å². The van der Waals surface area contributed by atoms with Crippen LogP contribution in [0.2, 0.25) is 0 Å². The number of amides is 1. The van der Waals surface area contributed by atoms with E-state index in [-0.39, 0.29) is 5.91 Å². The third-order valence-corrected chi connectivity index (χ3v) is 7.12. The summed E-state index contributed by atoms with van der Waals surface area (Å²) < 4.78 is 0. The number of aliphatic hydroxyl groups is 1. The summed E-state index contributed by atoms with van der Waals surface area (Å²) in [5.74, 6) is 2.13. The minimum Gasteiger partial charge on any atom is -0.390 e. The van der Waals surface area contributed by atoms with Crippen LogP contribution in [0.3, 0.4) is 0 Å². The van der Waals surface area contributed by atoms with E-state index in [1.807, 2.05) is 39.1 Å². The highest BCUT2D eigenvalue weighted by atomic mass is 16.3. The summed E-state index contributed by atoms with van der Waals surface area (Å²) in [7, 11) is 0. The SMILES string of the molecule is CC(CN1C[C@@H]2C[C@@](O)(Cc3ccccc3)C[C@@H]2C1)c1ccc(NC(=O)C(C)(C)C)nc1. The third-order valence-electron chi connectivity index (χ3n) is 7.12. The number of rotatable bonds is 6. The molecule has 1 aliphatic heterocycles. The molecule has 1 amide bonds. The monoisotopic (exact) mass is 435 g/mol. The van der Waals surface area contributed by atoms with E-state index < -0.39 is 11.0 Å². The van der Waals surface area contributed by atoms with Crippen molar-refractivity contribution in [3.05, 3.63) is 59.8 Å². The first-order valence-electron chi connectivity index (χ1n) is 11.9. The molecule has 2 fully saturated rings. The molecule has 2 aliphatic rings. The lowest BCUT2D eigenvalue weighted by molar-refractivity contribution is -0.123. The first kappa shape index (κ1) is 22.9. The lowest BCUT2D eigenvalue weighted by atomic mass is 9.91. The van der Waals surface area contributed by atoms with E-state index in [2.05, 4.69) is 52.5 Å². The van der Waals surface area contributed by atoms with Crippen LogP contribution in [0.4, 0.5) is 5.82 Å². The number of likely N-dealkylation sites (tertiary alicyclic amines) is 1. The maximum absolute atomic E-state index is 12.2. The average molecular weight is 436 g/mol. The Bertz CT molecular complexity index is 906. The lowest BCUT2D eigenvalue weighted by Crippen LogP contribution is -2.33. The van der Waals surface area contributed by atoms with Crippen molar-refractivity contribution in [2.45, 2.75) is 58.5 Å². The number of fused-ring (bicyclic) bond motifs is 1. The Morgan fingerprint density at radius 1 is 1.16 bits per heavy atom. The van der Waals surface area contributed by atoms with Gasteiger partial charge in [-0.15, -0.1) is 0 Å². The minimum absolute atomic E-state index is 0.0263. The van der Waals surface area contributed by atoms with Crippen LogP contribution in [0.1, 0.15) is 57.6 Å². The summed E-state index contributed by atoms with van der Waals surface area (Å²) in [6, 6.07) is 14.3. The van der Waals surface area contributed by atoms with Crippen molar-refractivity contribution in [1.29, 1.82) is 0 Å². The maximum atomic E-state index is 12.2. The van der Waals surface area contributed by atoms with Gasteiger partial charge in [-0.05, 0) is 47.8 Å². The molecule has 4 rings (SSSR count). The van der Waals surface area contributed by atoms with E-state index in [1.165, 1.54) is 11.1 Å². The molecule has 1 unspecified atom stereocenters. The quantitative estimate of drug-likeness (QED) is 0.702. The van der Waals surface area contributed by atoms with Crippen LogP contribution in [0.25, 0.3) is 0 Å². The van der Waals surface area contributed by atoms with Gasteiger partial charge in [-0.25, -0.2) is 4.98 Å². The molecule has 2 N–H and O–H groups in total. The van der Waals surface area contributed by atoms with Crippen molar-refractivity contribution in [2.24, 2.45) is 17.3 Å². The second-order valence-corrected chi connectivity index (χ2v) is 11.1. The molecule has 2 heterocycles. The van der Waals surface area contributed by atoms with Crippen molar-refractivity contribution in [3.63, 3.8) is 0 Å². The summed E-state index contributed by atoms with van der Waals surface area (Å²) >= 11 is 0. The topological polar surface area (TPSA) is 65.5 Å². The van der Waals surface area contributed by atoms with Gasteiger partial charge in [0.15, 0.2) is 0 Å². The zero-order valence-electron chi connectivity index (χ0n) is 19.8. The van der Waals surface area contributed by atoms with E-state index in [9.17, 15) is 9.90 Å². The van der Waals surface area contributed by atoms with Gasteiger partial charge in [-0.3, -0.25) is 4.79 Å². The Labute approximate surface area is 192 Å². The molecular weight excluding hydrogens is 398 g/mol. The van der Waals surface area contributed by atoms with Gasteiger partial charge < -0.3 is 15.3 Å². The summed E-state index contributed by atoms with van der Waals surface area (Å²) in [5, 5.41) is 14.1. The number of benzene rings is 1. The zero-order chi connectivity index (χ0) is 22.9. The predicted molar refractivity (Wildman–Crippen MR) is 128 cm³/mol. The van der Waals surface area contributed by atoms with Gasteiger partial charge in [0.2, 0.25) is 5.91 Å². The molecule has 5 heteroatoms. The second-order valence-electron chi connectivity index (χ2n) is 11.1. The van der Waals surface area contributed by atoms with Crippen molar-refractivity contribution in [3.8, 4) is 0 Å². The summed E-state index contributed by atoms with van der Waals surface area (Å²) in [5.41, 5.74) is 1.44. The van der Waals surface area contributed by atoms with Crippen molar-refractivity contribution in [2.75, 3.05) is 25.0 Å². The molecule has 1 aromatic heterocycles. The normalized spacial score (nSPS) is 26.7. The Morgan fingerprint density at radius 2 is 1.81 bits per heavy atom. The van der Waals surface area contributed by atoms with Crippen molar-refractivity contribution < 1.29 is 9.90 Å². The first-order valence-corrected chi connectivity index (χ1v) is 11.9. The molecule has 5 nitrogen and oxygen atoms in total. The van der Waals surface area contributed by atoms with Crippen LogP contribution in [-0.4, -0.2) is 46.1 Å². The number of nitrogens with one attached hydrogen (secondary N) is 1. The summed E-state index contributed by atoms with van der Waals surface area (Å²) in [4.78, 5) is 19.2. The van der Waals surface area contributed by atoms with Crippen LogP contribution in [-0.2, 0) is 11.2 Å². The third kappa shape index (κ3) is 5.38. The fourth-order valence-electron chi connectivity index (χ4n) is 5.39. The minimum atomic E-state index is -0.550. The van der Waals surface area contributed by atoms with Crippen LogP contribution in [0.15, 0.2) is 48.7 Å². The van der Waals surface area contributed by atoms with E-state index in [0.717, 1.165) is 38.9 Å². The number of carbonyl (C=O) groups excluding carboxylic acids is 1. The van der Waals surface area contributed by atoms with Gasteiger partial charge in [0, 0.05) is 37.7 Å². The first-order chi connectivity index (χ1) is 15.1. The van der Waals surface area contributed by atoms with Gasteiger partial charge in [0.1, 0.15) is 5.82 Å².